The highest BCUT2D eigenvalue weighted by molar-refractivity contribution is 5.27. The van der Waals surface area contributed by atoms with Crippen molar-refractivity contribution < 1.29 is 14.7 Å². The number of aliphatic hydroxyl groups excluding tert-OH is 1. The van der Waals surface area contributed by atoms with Crippen molar-refractivity contribution in [3.05, 3.63) is 29.8 Å². The number of benzene rings is 1. The first-order valence-electron chi connectivity index (χ1n) is 7.56. The van der Waals surface area contributed by atoms with E-state index in [9.17, 15) is 5.11 Å². The van der Waals surface area contributed by atoms with E-state index in [2.05, 4.69) is 0 Å². The molecule has 1 fully saturated rings. The Balaban J connectivity index is 1.76. The van der Waals surface area contributed by atoms with E-state index in [0.29, 0.717) is 13.2 Å². The zero-order valence-electron chi connectivity index (χ0n) is 13.0. The summed E-state index contributed by atoms with van der Waals surface area (Å²) in [4.78, 5) is 7.53. The van der Waals surface area contributed by atoms with Gasteiger partial charge in [-0.1, -0.05) is 12.1 Å². The molecule has 2 rings (SSSR count). The summed E-state index contributed by atoms with van der Waals surface area (Å²) in [6.07, 6.45) is 1.88. The van der Waals surface area contributed by atoms with Gasteiger partial charge in [-0.25, -0.2) is 0 Å². The van der Waals surface area contributed by atoms with Crippen LogP contribution in [0.15, 0.2) is 24.3 Å². The fraction of sp³-hybridized carbons (Fsp3) is 0.625. The lowest BCUT2D eigenvalue weighted by atomic mass is 10.2. The van der Waals surface area contributed by atoms with Gasteiger partial charge in [0.05, 0.1) is 6.61 Å². The predicted octanol–water partition coefficient (Wildman–Crippen LogP) is 1.52. The molecule has 1 atom stereocenters. The second kappa shape index (κ2) is 8.34. The maximum Gasteiger partial charge on any atom is 0.119 e. The zero-order chi connectivity index (χ0) is 15.1. The van der Waals surface area contributed by atoms with Crippen LogP contribution in [0.2, 0.25) is 0 Å². The van der Waals surface area contributed by atoms with Gasteiger partial charge >= 0.3 is 0 Å². The topological polar surface area (TPSA) is 45.2 Å². The summed E-state index contributed by atoms with van der Waals surface area (Å²) in [6, 6.07) is 7.99. The van der Waals surface area contributed by atoms with E-state index < -0.39 is 6.10 Å². The molecule has 1 aliphatic rings. The molecule has 1 heterocycles. The SMILES string of the molecule is CN(C)C[C@H](O)COc1ccc(CN2CCCCO2)cc1. The van der Waals surface area contributed by atoms with Crippen LogP contribution in [-0.4, -0.2) is 61.6 Å². The Kier molecular flexibility index (Phi) is 6.45. The molecule has 21 heavy (non-hydrogen) atoms. The zero-order valence-corrected chi connectivity index (χ0v) is 13.0. The molecule has 0 spiro atoms. The Morgan fingerprint density at radius 2 is 2.05 bits per heavy atom. The van der Waals surface area contributed by atoms with E-state index in [4.69, 9.17) is 9.57 Å². The van der Waals surface area contributed by atoms with Crippen molar-refractivity contribution in [2.75, 3.05) is 40.4 Å². The normalized spacial score (nSPS) is 17.9. The van der Waals surface area contributed by atoms with Crippen LogP contribution in [0.3, 0.4) is 0 Å². The molecule has 1 aromatic carbocycles. The number of hydroxylamine groups is 2. The van der Waals surface area contributed by atoms with Crippen molar-refractivity contribution in [3.63, 3.8) is 0 Å². The maximum absolute atomic E-state index is 9.76. The third kappa shape index (κ3) is 6.01. The summed E-state index contributed by atoms with van der Waals surface area (Å²) in [6.45, 7) is 3.54. The third-order valence-electron chi connectivity index (χ3n) is 3.38. The van der Waals surface area contributed by atoms with E-state index >= 15 is 0 Å². The van der Waals surface area contributed by atoms with Crippen molar-refractivity contribution in [1.29, 1.82) is 0 Å². The molecule has 1 saturated heterocycles. The summed E-state index contributed by atoms with van der Waals surface area (Å²) in [5, 5.41) is 11.8. The molecular weight excluding hydrogens is 268 g/mol. The van der Waals surface area contributed by atoms with Crippen LogP contribution in [0.5, 0.6) is 5.75 Å². The number of rotatable bonds is 7. The van der Waals surface area contributed by atoms with Gasteiger partial charge in [-0.15, -0.1) is 0 Å². The standard InChI is InChI=1S/C16H26N2O3/c1-17(2)12-15(19)13-20-16-7-5-14(6-8-16)11-18-9-3-4-10-21-18/h5-8,15,19H,3-4,9-13H2,1-2H3/t15-/m0/s1. The van der Waals surface area contributed by atoms with E-state index in [1.54, 1.807) is 0 Å². The monoisotopic (exact) mass is 294 g/mol. The van der Waals surface area contributed by atoms with Crippen LogP contribution in [0.1, 0.15) is 18.4 Å². The van der Waals surface area contributed by atoms with Crippen molar-refractivity contribution in [2.24, 2.45) is 0 Å². The molecule has 0 bridgehead atoms. The second-order valence-electron chi connectivity index (χ2n) is 5.77. The predicted molar refractivity (Wildman–Crippen MR) is 82.1 cm³/mol. The largest absolute Gasteiger partial charge is 0.491 e. The molecule has 0 radical (unpaired) electrons. The van der Waals surface area contributed by atoms with Gasteiger partial charge in [-0.3, -0.25) is 4.84 Å². The van der Waals surface area contributed by atoms with Crippen LogP contribution < -0.4 is 4.74 Å². The minimum atomic E-state index is -0.471. The molecule has 5 nitrogen and oxygen atoms in total. The van der Waals surface area contributed by atoms with Gasteiger partial charge < -0.3 is 14.7 Å². The summed E-state index contributed by atoms with van der Waals surface area (Å²) in [7, 11) is 3.86. The molecule has 0 aromatic heterocycles. The highest BCUT2D eigenvalue weighted by atomic mass is 16.7. The quantitative estimate of drug-likeness (QED) is 0.826. The molecule has 118 valence electrons. The molecular formula is C16H26N2O3. The van der Waals surface area contributed by atoms with Gasteiger partial charge in [0.25, 0.3) is 0 Å². The first-order valence-corrected chi connectivity index (χ1v) is 7.56. The molecule has 0 unspecified atom stereocenters. The minimum absolute atomic E-state index is 0.312. The van der Waals surface area contributed by atoms with Gasteiger partial charge in [-0.05, 0) is 44.6 Å². The smallest absolute Gasteiger partial charge is 0.119 e. The lowest BCUT2D eigenvalue weighted by Gasteiger charge is -2.26. The summed E-state index contributed by atoms with van der Waals surface area (Å²) in [5.41, 5.74) is 1.21. The number of likely N-dealkylation sites (N-methyl/N-ethyl adjacent to an activating group) is 1. The highest BCUT2D eigenvalue weighted by Crippen LogP contribution is 2.16. The summed E-state index contributed by atoms with van der Waals surface area (Å²) >= 11 is 0. The van der Waals surface area contributed by atoms with Crippen LogP contribution in [-0.2, 0) is 11.4 Å². The Morgan fingerprint density at radius 3 is 2.67 bits per heavy atom. The number of hydrogen-bond acceptors (Lipinski definition) is 5. The van der Waals surface area contributed by atoms with E-state index in [-0.39, 0.29) is 0 Å². The first-order chi connectivity index (χ1) is 10.1. The maximum atomic E-state index is 9.76. The molecule has 5 heteroatoms. The summed E-state index contributed by atoms with van der Waals surface area (Å²) in [5.74, 6) is 0.788. The van der Waals surface area contributed by atoms with Gasteiger partial charge in [0.1, 0.15) is 18.5 Å². The van der Waals surface area contributed by atoms with Crippen molar-refractivity contribution in [1.82, 2.24) is 9.96 Å². The van der Waals surface area contributed by atoms with E-state index in [1.807, 2.05) is 48.3 Å². The lowest BCUT2D eigenvalue weighted by molar-refractivity contribution is -0.187. The molecule has 1 aliphatic heterocycles. The molecule has 0 aliphatic carbocycles. The summed E-state index contributed by atoms with van der Waals surface area (Å²) < 4.78 is 5.59. The minimum Gasteiger partial charge on any atom is -0.491 e. The van der Waals surface area contributed by atoms with E-state index in [1.165, 1.54) is 12.0 Å². The first kappa shape index (κ1) is 16.2. The van der Waals surface area contributed by atoms with Crippen molar-refractivity contribution in [3.8, 4) is 5.75 Å². The molecule has 1 aromatic rings. The van der Waals surface area contributed by atoms with Gasteiger partial charge in [0, 0.05) is 19.6 Å². The van der Waals surface area contributed by atoms with Crippen molar-refractivity contribution >= 4 is 0 Å². The van der Waals surface area contributed by atoms with Gasteiger partial charge in [0.15, 0.2) is 0 Å². The Hall–Kier alpha value is -1.14. The van der Waals surface area contributed by atoms with Crippen molar-refractivity contribution in [2.45, 2.75) is 25.5 Å². The molecule has 0 amide bonds. The lowest BCUT2D eigenvalue weighted by Crippen LogP contribution is -2.30. The second-order valence-corrected chi connectivity index (χ2v) is 5.77. The van der Waals surface area contributed by atoms with Crippen LogP contribution in [0, 0.1) is 0 Å². The Bertz CT molecular complexity index is 402. The molecule has 1 N–H and O–H groups in total. The average Bonchev–Trinajstić information content (AvgIpc) is 2.47. The molecule has 0 saturated carbocycles. The Labute approximate surface area is 127 Å². The van der Waals surface area contributed by atoms with Crippen LogP contribution in [0.4, 0.5) is 0 Å². The van der Waals surface area contributed by atoms with Gasteiger partial charge in [-0.2, -0.15) is 5.06 Å². The highest BCUT2D eigenvalue weighted by Gasteiger charge is 2.11. The van der Waals surface area contributed by atoms with Crippen LogP contribution >= 0.6 is 0 Å². The average molecular weight is 294 g/mol. The van der Waals surface area contributed by atoms with Crippen LogP contribution in [0.25, 0.3) is 0 Å². The number of aliphatic hydroxyl groups is 1. The Morgan fingerprint density at radius 1 is 1.29 bits per heavy atom. The van der Waals surface area contributed by atoms with E-state index in [0.717, 1.165) is 31.9 Å². The number of ether oxygens (including phenoxy) is 1. The fourth-order valence-electron chi connectivity index (χ4n) is 2.33. The number of hydrogen-bond donors (Lipinski definition) is 1. The van der Waals surface area contributed by atoms with Gasteiger partial charge in [0.2, 0.25) is 0 Å². The third-order valence-corrected chi connectivity index (χ3v) is 3.38. The fourth-order valence-corrected chi connectivity index (χ4v) is 2.33. The number of nitrogens with zero attached hydrogens (tertiary/aromatic N) is 2.